The first kappa shape index (κ1) is 13.6. The molecule has 1 rings (SSSR count). The van der Waals surface area contributed by atoms with Gasteiger partial charge >= 0.3 is 5.97 Å². The van der Waals surface area contributed by atoms with Crippen LogP contribution in [-0.4, -0.2) is 27.2 Å². The van der Waals surface area contributed by atoms with Crippen molar-refractivity contribution in [3.63, 3.8) is 0 Å². The Labute approximate surface area is 97.1 Å². The lowest BCUT2D eigenvalue weighted by Gasteiger charge is -2.04. The molecule has 0 aliphatic rings. The van der Waals surface area contributed by atoms with E-state index in [1.54, 1.807) is 0 Å². The van der Waals surface area contributed by atoms with Crippen LogP contribution in [0.5, 0.6) is 0 Å². The third-order valence-corrected chi connectivity index (χ3v) is 3.77. The maximum absolute atomic E-state index is 13.2. The van der Waals surface area contributed by atoms with E-state index in [1.165, 1.54) is 0 Å². The van der Waals surface area contributed by atoms with Crippen LogP contribution in [0.4, 0.5) is 8.78 Å². The lowest BCUT2D eigenvalue weighted by Crippen LogP contribution is -2.13. The number of hydrogen-bond acceptors (Lipinski definition) is 4. The highest BCUT2D eigenvalue weighted by molar-refractivity contribution is 7.91. The molecule has 0 fully saturated rings. The van der Waals surface area contributed by atoms with E-state index < -0.39 is 38.1 Å². The van der Waals surface area contributed by atoms with Gasteiger partial charge in [-0.15, -0.1) is 0 Å². The summed E-state index contributed by atoms with van der Waals surface area (Å²) in [6.45, 7) is 0. The molecule has 0 amide bonds. The number of esters is 1. The molecule has 0 aliphatic carbocycles. The summed E-state index contributed by atoms with van der Waals surface area (Å²) in [5.41, 5.74) is 0. The summed E-state index contributed by atoms with van der Waals surface area (Å²) in [6.07, 6.45) is -0.379. The molecule has 17 heavy (non-hydrogen) atoms. The Kier molecular flexibility index (Phi) is 4.17. The van der Waals surface area contributed by atoms with Gasteiger partial charge in [-0.2, -0.15) is 0 Å². The number of benzene rings is 1. The van der Waals surface area contributed by atoms with Gasteiger partial charge in [0.05, 0.1) is 19.3 Å². The van der Waals surface area contributed by atoms with Crippen molar-refractivity contribution in [1.82, 2.24) is 0 Å². The van der Waals surface area contributed by atoms with E-state index in [0.29, 0.717) is 6.07 Å². The minimum absolute atomic E-state index is 0.379. The fourth-order valence-electron chi connectivity index (χ4n) is 1.16. The molecule has 7 heteroatoms. The summed E-state index contributed by atoms with van der Waals surface area (Å²) < 4.78 is 53.3. The lowest BCUT2D eigenvalue weighted by atomic mass is 10.3. The Hall–Kier alpha value is -1.50. The van der Waals surface area contributed by atoms with E-state index in [2.05, 4.69) is 4.74 Å². The normalized spacial score (nSPS) is 11.2. The van der Waals surface area contributed by atoms with Crippen molar-refractivity contribution in [1.29, 1.82) is 0 Å². The van der Waals surface area contributed by atoms with Gasteiger partial charge in [0, 0.05) is 6.07 Å². The summed E-state index contributed by atoms with van der Waals surface area (Å²) in [5, 5.41) is 0. The molecule has 0 atom stereocenters. The predicted octanol–water partition coefficient (Wildman–Crippen LogP) is 1.30. The molecule has 1 aromatic carbocycles. The Balaban J connectivity index is 2.94. The van der Waals surface area contributed by atoms with Crippen molar-refractivity contribution in [3.05, 3.63) is 29.8 Å². The predicted molar refractivity (Wildman–Crippen MR) is 55.0 cm³/mol. The highest BCUT2D eigenvalue weighted by Crippen LogP contribution is 2.17. The highest BCUT2D eigenvalue weighted by atomic mass is 32.2. The minimum Gasteiger partial charge on any atom is -0.469 e. The SMILES string of the molecule is COC(=O)CCS(=O)(=O)c1ccc(F)cc1F. The summed E-state index contributed by atoms with van der Waals surface area (Å²) in [4.78, 5) is 10.2. The number of halogens is 2. The van der Waals surface area contributed by atoms with E-state index in [0.717, 1.165) is 19.2 Å². The van der Waals surface area contributed by atoms with Crippen LogP contribution in [0.3, 0.4) is 0 Å². The Morgan fingerprint density at radius 1 is 1.35 bits per heavy atom. The number of carbonyl (C=O) groups excluding carboxylic acids is 1. The molecule has 0 aliphatic heterocycles. The van der Waals surface area contributed by atoms with Crippen molar-refractivity contribution < 1.29 is 26.7 Å². The summed E-state index contributed by atoms with van der Waals surface area (Å²) in [7, 11) is -2.84. The molecule has 0 aromatic heterocycles. The molecule has 0 N–H and O–H groups in total. The first-order chi connectivity index (χ1) is 7.86. The Morgan fingerprint density at radius 3 is 2.53 bits per heavy atom. The molecule has 94 valence electrons. The van der Waals surface area contributed by atoms with E-state index in [1.807, 2.05) is 0 Å². The fourth-order valence-corrected chi connectivity index (χ4v) is 2.44. The zero-order valence-electron chi connectivity index (χ0n) is 8.94. The van der Waals surface area contributed by atoms with Gasteiger partial charge in [0.1, 0.15) is 16.5 Å². The van der Waals surface area contributed by atoms with Gasteiger partial charge in [0.2, 0.25) is 0 Å². The molecule has 0 heterocycles. The van der Waals surface area contributed by atoms with E-state index >= 15 is 0 Å². The quantitative estimate of drug-likeness (QED) is 0.607. The molecule has 0 saturated carbocycles. The summed E-state index contributed by atoms with van der Waals surface area (Å²) >= 11 is 0. The summed E-state index contributed by atoms with van der Waals surface area (Å²) in [6, 6.07) is 2.15. The van der Waals surface area contributed by atoms with Crippen molar-refractivity contribution in [2.75, 3.05) is 12.9 Å². The second-order valence-corrected chi connectivity index (χ2v) is 5.30. The van der Waals surface area contributed by atoms with Gasteiger partial charge in [-0.25, -0.2) is 17.2 Å². The van der Waals surface area contributed by atoms with E-state index in [-0.39, 0.29) is 6.42 Å². The van der Waals surface area contributed by atoms with Crippen LogP contribution in [0.25, 0.3) is 0 Å². The monoisotopic (exact) mass is 264 g/mol. The first-order valence-electron chi connectivity index (χ1n) is 4.61. The van der Waals surface area contributed by atoms with Crippen LogP contribution >= 0.6 is 0 Å². The highest BCUT2D eigenvalue weighted by Gasteiger charge is 2.21. The van der Waals surface area contributed by atoms with Gasteiger partial charge < -0.3 is 4.74 Å². The molecule has 0 bridgehead atoms. The Morgan fingerprint density at radius 2 is 2.00 bits per heavy atom. The van der Waals surface area contributed by atoms with Crippen LogP contribution in [0, 0.1) is 11.6 Å². The third-order valence-electron chi connectivity index (χ3n) is 2.03. The average Bonchev–Trinajstić information content (AvgIpc) is 2.25. The van der Waals surface area contributed by atoms with Crippen LogP contribution in [-0.2, 0) is 19.4 Å². The van der Waals surface area contributed by atoms with Crippen molar-refractivity contribution in [2.24, 2.45) is 0 Å². The Bertz CT molecular complexity index is 525. The fraction of sp³-hybridized carbons (Fsp3) is 0.300. The molecule has 4 nitrogen and oxygen atoms in total. The maximum Gasteiger partial charge on any atom is 0.306 e. The van der Waals surface area contributed by atoms with Gasteiger partial charge in [0.25, 0.3) is 0 Å². The van der Waals surface area contributed by atoms with Crippen LogP contribution in [0.2, 0.25) is 0 Å². The lowest BCUT2D eigenvalue weighted by molar-refractivity contribution is -0.140. The van der Waals surface area contributed by atoms with Crippen LogP contribution in [0.15, 0.2) is 23.1 Å². The first-order valence-corrected chi connectivity index (χ1v) is 6.26. The maximum atomic E-state index is 13.2. The number of methoxy groups -OCH3 is 1. The number of hydrogen-bond donors (Lipinski definition) is 0. The van der Waals surface area contributed by atoms with E-state index in [9.17, 15) is 22.0 Å². The number of ether oxygens (including phenoxy) is 1. The smallest absolute Gasteiger partial charge is 0.306 e. The molecule has 0 radical (unpaired) electrons. The second-order valence-electron chi connectivity index (χ2n) is 3.22. The molecule has 0 unspecified atom stereocenters. The standard InChI is InChI=1S/C10H10F2O4S/c1-16-10(13)4-5-17(14,15)9-3-2-7(11)6-8(9)12/h2-3,6H,4-5H2,1H3. The molecular weight excluding hydrogens is 254 g/mol. The van der Waals surface area contributed by atoms with Gasteiger partial charge in [-0.3, -0.25) is 4.79 Å². The van der Waals surface area contributed by atoms with Crippen molar-refractivity contribution in [3.8, 4) is 0 Å². The number of rotatable bonds is 4. The van der Waals surface area contributed by atoms with Gasteiger partial charge in [-0.1, -0.05) is 0 Å². The zero-order valence-corrected chi connectivity index (χ0v) is 9.76. The largest absolute Gasteiger partial charge is 0.469 e. The summed E-state index contributed by atoms with van der Waals surface area (Å²) in [5.74, 6) is -3.33. The van der Waals surface area contributed by atoms with E-state index in [4.69, 9.17) is 0 Å². The average molecular weight is 264 g/mol. The zero-order chi connectivity index (χ0) is 13.1. The molecular formula is C10H10F2O4S. The van der Waals surface area contributed by atoms with Gasteiger partial charge in [-0.05, 0) is 12.1 Å². The van der Waals surface area contributed by atoms with Crippen LogP contribution < -0.4 is 0 Å². The van der Waals surface area contributed by atoms with Crippen molar-refractivity contribution in [2.45, 2.75) is 11.3 Å². The molecule has 0 spiro atoms. The number of carbonyl (C=O) groups is 1. The topological polar surface area (TPSA) is 60.4 Å². The minimum atomic E-state index is -3.96. The number of sulfone groups is 1. The van der Waals surface area contributed by atoms with Crippen molar-refractivity contribution >= 4 is 15.8 Å². The second kappa shape index (κ2) is 5.22. The van der Waals surface area contributed by atoms with Gasteiger partial charge in [0.15, 0.2) is 9.84 Å². The third kappa shape index (κ3) is 3.48. The molecule has 0 saturated heterocycles. The molecule has 1 aromatic rings. The van der Waals surface area contributed by atoms with Crippen LogP contribution in [0.1, 0.15) is 6.42 Å².